The molecule has 2 aromatic heterocycles. The van der Waals surface area contributed by atoms with Crippen molar-refractivity contribution in [2.45, 2.75) is 79.4 Å². The Labute approximate surface area is 258 Å². The van der Waals surface area contributed by atoms with E-state index in [4.69, 9.17) is 14.5 Å². The fourth-order valence-electron chi connectivity index (χ4n) is 5.82. The maximum Gasteiger partial charge on any atom is 0.337 e. The highest BCUT2D eigenvalue weighted by atomic mass is 19.1. The van der Waals surface area contributed by atoms with Crippen molar-refractivity contribution in [3.8, 4) is 16.9 Å². The highest BCUT2D eigenvalue weighted by molar-refractivity contribution is 5.94. The lowest BCUT2D eigenvalue weighted by Gasteiger charge is -2.41. The molecular formula is C35H43FN4O4. The lowest BCUT2D eigenvalue weighted by atomic mass is 9.82. The summed E-state index contributed by atoms with van der Waals surface area (Å²) in [5, 5.41) is 15.2. The minimum absolute atomic E-state index is 0.197. The summed E-state index contributed by atoms with van der Waals surface area (Å²) >= 11 is 0. The second-order valence-electron chi connectivity index (χ2n) is 13.5. The topological polar surface area (TPSA) is 89.2 Å². The summed E-state index contributed by atoms with van der Waals surface area (Å²) in [4.78, 5) is 20.0. The number of aliphatic carboxylic acids is 1. The zero-order chi connectivity index (χ0) is 31.8. The zero-order valence-electron chi connectivity index (χ0n) is 26.8. The molecule has 1 aliphatic rings. The molecular weight excluding hydrogens is 559 g/mol. The molecule has 1 N–H and O–H groups in total. The minimum atomic E-state index is -1.21. The van der Waals surface area contributed by atoms with Crippen LogP contribution in [0.25, 0.3) is 16.8 Å². The second kappa shape index (κ2) is 12.2. The van der Waals surface area contributed by atoms with Crippen molar-refractivity contribution >= 4 is 17.3 Å². The number of aryl methyl sites for hydroxylation is 2. The average Bonchev–Trinajstić information content (AvgIpc) is 3.34. The van der Waals surface area contributed by atoms with Crippen molar-refractivity contribution in [2.75, 3.05) is 24.6 Å². The molecule has 8 nitrogen and oxygen atoms in total. The number of carbonyl (C=O) groups is 1. The summed E-state index contributed by atoms with van der Waals surface area (Å²) in [5.74, 6) is 0.00151. The molecule has 3 heterocycles. The van der Waals surface area contributed by atoms with E-state index in [2.05, 4.69) is 23.8 Å². The Bertz CT molecular complexity index is 1630. The number of hydrogen-bond donors (Lipinski definition) is 1. The van der Waals surface area contributed by atoms with Gasteiger partial charge >= 0.3 is 5.97 Å². The highest BCUT2D eigenvalue weighted by Gasteiger charge is 2.37. The van der Waals surface area contributed by atoms with Gasteiger partial charge in [-0.3, -0.25) is 0 Å². The fraction of sp³-hybridized carbons (Fsp3) is 0.457. The number of carboxylic acids is 1. The number of benzene rings is 2. The SMILES string of the molecule is Cc1nc2c(-c3ccc(OCCc4ccc(F)cc4)cc3)c(N3CCC(C)(C)CC3)c([C@H](OC(C)(C)C)C(=O)O)c(C)n2n1. The van der Waals surface area contributed by atoms with Gasteiger partial charge in [-0.25, -0.2) is 18.7 Å². The first-order chi connectivity index (χ1) is 20.7. The summed E-state index contributed by atoms with van der Waals surface area (Å²) in [5.41, 5.74) is 5.01. The number of fused-ring (bicyclic) bond motifs is 1. The Kier molecular flexibility index (Phi) is 8.71. The minimum Gasteiger partial charge on any atom is -0.493 e. The average molecular weight is 603 g/mol. The van der Waals surface area contributed by atoms with E-state index in [1.54, 1.807) is 16.6 Å². The molecule has 0 amide bonds. The summed E-state index contributed by atoms with van der Waals surface area (Å²) < 4.78 is 27.3. The van der Waals surface area contributed by atoms with Crippen LogP contribution in [-0.4, -0.2) is 51.0 Å². The second-order valence-corrected chi connectivity index (χ2v) is 13.5. The number of aromatic nitrogens is 3. The number of anilines is 1. The number of nitrogens with zero attached hydrogens (tertiary/aromatic N) is 4. The standard InChI is InChI=1S/C35H43FN4O4/c1-22-28(31(33(41)42)44-34(3,4)5)30(39-19-17-35(6,7)18-20-39)29(32-37-23(2)38-40(22)32)25-10-14-27(15-11-25)43-21-16-24-8-12-26(36)13-9-24/h8-15,31H,16-21H2,1-7H3,(H,41,42)/t31-/m0/s1. The van der Waals surface area contributed by atoms with Crippen LogP contribution >= 0.6 is 0 Å². The predicted molar refractivity (Wildman–Crippen MR) is 170 cm³/mol. The predicted octanol–water partition coefficient (Wildman–Crippen LogP) is 7.34. The molecule has 0 spiro atoms. The molecule has 0 radical (unpaired) electrons. The van der Waals surface area contributed by atoms with Gasteiger partial charge in [-0.2, -0.15) is 5.10 Å². The van der Waals surface area contributed by atoms with Gasteiger partial charge in [0.2, 0.25) is 0 Å². The first kappa shape index (κ1) is 31.4. The van der Waals surface area contributed by atoms with Crippen molar-refractivity contribution in [1.29, 1.82) is 0 Å². The molecule has 1 aliphatic heterocycles. The lowest BCUT2D eigenvalue weighted by molar-refractivity contribution is -0.160. The molecule has 2 aromatic carbocycles. The largest absolute Gasteiger partial charge is 0.493 e. The van der Waals surface area contributed by atoms with Gasteiger partial charge in [0.1, 0.15) is 17.4 Å². The van der Waals surface area contributed by atoms with Gasteiger partial charge in [-0.1, -0.05) is 38.1 Å². The van der Waals surface area contributed by atoms with Crippen LogP contribution in [0.2, 0.25) is 0 Å². The Balaban J connectivity index is 1.61. The molecule has 234 valence electrons. The molecule has 0 bridgehead atoms. The maximum atomic E-state index is 13.3. The van der Waals surface area contributed by atoms with Crippen molar-refractivity contribution in [3.05, 3.63) is 77.0 Å². The van der Waals surface area contributed by atoms with Crippen LogP contribution in [0.4, 0.5) is 10.1 Å². The van der Waals surface area contributed by atoms with Crippen LogP contribution in [-0.2, 0) is 16.0 Å². The van der Waals surface area contributed by atoms with Crippen molar-refractivity contribution < 1.29 is 23.8 Å². The monoisotopic (exact) mass is 602 g/mol. The van der Waals surface area contributed by atoms with Crippen molar-refractivity contribution in [2.24, 2.45) is 5.41 Å². The number of halogens is 1. The number of carboxylic acid groups (broad SMARTS) is 1. The lowest BCUT2D eigenvalue weighted by Crippen LogP contribution is -2.39. The summed E-state index contributed by atoms with van der Waals surface area (Å²) in [7, 11) is 0. The van der Waals surface area contributed by atoms with Crippen molar-refractivity contribution in [1.82, 2.24) is 14.6 Å². The number of piperidine rings is 1. The van der Waals surface area contributed by atoms with Crippen LogP contribution in [0, 0.1) is 25.1 Å². The normalized spacial score (nSPS) is 15.9. The Morgan fingerprint density at radius 1 is 1.05 bits per heavy atom. The van der Waals surface area contributed by atoms with Crippen LogP contribution in [0.5, 0.6) is 5.75 Å². The summed E-state index contributed by atoms with van der Waals surface area (Å²) in [6.07, 6.45) is 1.39. The molecule has 5 rings (SSSR count). The Hall–Kier alpha value is -3.98. The van der Waals surface area contributed by atoms with Gasteiger partial charge in [0, 0.05) is 30.8 Å². The van der Waals surface area contributed by atoms with E-state index in [-0.39, 0.29) is 11.2 Å². The van der Waals surface area contributed by atoms with E-state index in [1.807, 2.05) is 58.9 Å². The molecule has 9 heteroatoms. The van der Waals surface area contributed by atoms with E-state index in [9.17, 15) is 14.3 Å². The van der Waals surface area contributed by atoms with Crippen LogP contribution in [0.1, 0.15) is 76.2 Å². The van der Waals surface area contributed by atoms with Gasteiger partial charge in [0.25, 0.3) is 0 Å². The van der Waals surface area contributed by atoms with E-state index >= 15 is 0 Å². The fourth-order valence-corrected chi connectivity index (χ4v) is 5.82. The third kappa shape index (κ3) is 6.88. The van der Waals surface area contributed by atoms with Gasteiger partial charge in [0.15, 0.2) is 11.8 Å². The number of pyridine rings is 1. The zero-order valence-corrected chi connectivity index (χ0v) is 26.8. The van der Waals surface area contributed by atoms with E-state index in [0.29, 0.717) is 41.5 Å². The van der Waals surface area contributed by atoms with Crippen LogP contribution in [0.3, 0.4) is 0 Å². The maximum absolute atomic E-state index is 13.3. The van der Waals surface area contributed by atoms with E-state index in [0.717, 1.165) is 48.3 Å². The Morgan fingerprint density at radius 2 is 1.68 bits per heavy atom. The van der Waals surface area contributed by atoms with E-state index in [1.165, 1.54) is 12.1 Å². The quantitative estimate of drug-likeness (QED) is 0.214. The molecule has 0 aliphatic carbocycles. The summed E-state index contributed by atoms with van der Waals surface area (Å²) in [6.45, 7) is 15.9. The molecule has 1 saturated heterocycles. The molecule has 1 fully saturated rings. The molecule has 44 heavy (non-hydrogen) atoms. The van der Waals surface area contributed by atoms with Crippen LogP contribution in [0.15, 0.2) is 48.5 Å². The van der Waals surface area contributed by atoms with Gasteiger partial charge in [-0.15, -0.1) is 0 Å². The van der Waals surface area contributed by atoms with Gasteiger partial charge in [0.05, 0.1) is 23.5 Å². The van der Waals surface area contributed by atoms with Gasteiger partial charge in [-0.05, 0) is 88.3 Å². The summed E-state index contributed by atoms with van der Waals surface area (Å²) in [6, 6.07) is 14.3. The number of hydrogen-bond acceptors (Lipinski definition) is 6. The van der Waals surface area contributed by atoms with Crippen LogP contribution < -0.4 is 9.64 Å². The highest BCUT2D eigenvalue weighted by Crippen LogP contribution is 2.46. The smallest absolute Gasteiger partial charge is 0.337 e. The third-order valence-electron chi connectivity index (χ3n) is 8.24. The molecule has 0 saturated carbocycles. The molecule has 1 atom stereocenters. The number of ether oxygens (including phenoxy) is 2. The van der Waals surface area contributed by atoms with E-state index < -0.39 is 17.7 Å². The molecule has 0 unspecified atom stereocenters. The van der Waals surface area contributed by atoms with Gasteiger partial charge < -0.3 is 19.5 Å². The first-order valence-corrected chi connectivity index (χ1v) is 15.3. The first-order valence-electron chi connectivity index (χ1n) is 15.3. The molecule has 4 aromatic rings. The number of rotatable bonds is 9. The van der Waals surface area contributed by atoms with Crippen molar-refractivity contribution in [3.63, 3.8) is 0 Å². The third-order valence-corrected chi connectivity index (χ3v) is 8.24. The Morgan fingerprint density at radius 3 is 2.27 bits per heavy atom.